The Morgan fingerprint density at radius 2 is 2.10 bits per heavy atom. The SMILES string of the molecule is C[C@H](Sc1nnc(NCc2ccccc2)s1)C(=O)c1ccc2c(c1)NC(=O)CO2. The van der Waals surface area contributed by atoms with Crippen LogP contribution in [0.5, 0.6) is 5.75 Å². The summed E-state index contributed by atoms with van der Waals surface area (Å²) in [6.45, 7) is 2.49. The van der Waals surface area contributed by atoms with Crippen molar-refractivity contribution in [2.45, 2.75) is 23.1 Å². The quantitative estimate of drug-likeness (QED) is 0.438. The first-order valence-electron chi connectivity index (χ1n) is 8.97. The van der Waals surface area contributed by atoms with E-state index in [4.69, 9.17) is 4.74 Å². The van der Waals surface area contributed by atoms with Gasteiger partial charge in [-0.15, -0.1) is 10.2 Å². The lowest BCUT2D eigenvalue weighted by atomic mass is 10.1. The number of Topliss-reactive ketones (excluding diaryl/α,β-unsaturated/α-hetero) is 1. The molecule has 1 aliphatic rings. The summed E-state index contributed by atoms with van der Waals surface area (Å²) in [5.41, 5.74) is 2.19. The second-order valence-electron chi connectivity index (χ2n) is 6.38. The maximum Gasteiger partial charge on any atom is 0.262 e. The van der Waals surface area contributed by atoms with Gasteiger partial charge >= 0.3 is 0 Å². The minimum atomic E-state index is -0.344. The fourth-order valence-corrected chi connectivity index (χ4v) is 4.75. The van der Waals surface area contributed by atoms with Gasteiger partial charge in [0.15, 0.2) is 16.7 Å². The van der Waals surface area contributed by atoms with Crippen LogP contribution in [-0.2, 0) is 11.3 Å². The Labute approximate surface area is 175 Å². The van der Waals surface area contributed by atoms with Gasteiger partial charge in [-0.1, -0.05) is 53.4 Å². The van der Waals surface area contributed by atoms with Crippen LogP contribution in [0.2, 0.25) is 0 Å². The Hall–Kier alpha value is -2.91. The largest absolute Gasteiger partial charge is 0.482 e. The van der Waals surface area contributed by atoms with Crippen molar-refractivity contribution in [2.24, 2.45) is 0 Å². The average Bonchev–Trinajstić information content (AvgIpc) is 3.19. The van der Waals surface area contributed by atoms with E-state index in [1.54, 1.807) is 18.2 Å². The van der Waals surface area contributed by atoms with Gasteiger partial charge in [0.05, 0.1) is 10.9 Å². The zero-order valence-corrected chi connectivity index (χ0v) is 17.2. The first-order chi connectivity index (χ1) is 14.1. The molecule has 2 N–H and O–H groups in total. The molecule has 0 radical (unpaired) electrons. The molecule has 4 rings (SSSR count). The molecule has 0 fully saturated rings. The standard InChI is InChI=1S/C20H18N4O3S2/c1-12(18(26)14-7-8-16-15(9-14)22-17(25)11-27-16)28-20-24-23-19(29-20)21-10-13-5-3-2-4-6-13/h2-9,12H,10-11H2,1H3,(H,21,23)(H,22,25)/t12-/m0/s1. The number of anilines is 2. The normalized spacial score (nSPS) is 13.8. The van der Waals surface area contributed by atoms with Crippen molar-refractivity contribution in [1.82, 2.24) is 10.2 Å². The Morgan fingerprint density at radius 1 is 1.28 bits per heavy atom. The number of aromatic nitrogens is 2. The summed E-state index contributed by atoms with van der Waals surface area (Å²) in [5.74, 6) is 0.292. The second-order valence-corrected chi connectivity index (χ2v) is 8.95. The molecule has 29 heavy (non-hydrogen) atoms. The number of amides is 1. The number of carbonyl (C=O) groups is 2. The number of fused-ring (bicyclic) bond motifs is 1. The number of rotatable bonds is 7. The van der Waals surface area contributed by atoms with Crippen molar-refractivity contribution < 1.29 is 14.3 Å². The number of hydrogen-bond acceptors (Lipinski definition) is 8. The van der Waals surface area contributed by atoms with Gasteiger partial charge in [0, 0.05) is 12.1 Å². The Kier molecular flexibility index (Phi) is 5.77. The average molecular weight is 427 g/mol. The maximum absolute atomic E-state index is 12.8. The highest BCUT2D eigenvalue weighted by molar-refractivity contribution is 8.02. The number of hydrogen-bond donors (Lipinski definition) is 2. The number of carbonyl (C=O) groups excluding carboxylic acids is 2. The topological polar surface area (TPSA) is 93.2 Å². The number of nitrogens with zero attached hydrogens (tertiary/aromatic N) is 2. The van der Waals surface area contributed by atoms with E-state index in [1.165, 1.54) is 23.1 Å². The Balaban J connectivity index is 1.37. The third kappa shape index (κ3) is 4.75. The molecule has 0 saturated heterocycles. The van der Waals surface area contributed by atoms with Crippen LogP contribution in [0.15, 0.2) is 52.9 Å². The zero-order valence-electron chi connectivity index (χ0n) is 15.5. The van der Waals surface area contributed by atoms with Crippen LogP contribution >= 0.6 is 23.1 Å². The molecule has 1 aliphatic heterocycles. The molecule has 1 amide bonds. The molecule has 1 aromatic heterocycles. The summed E-state index contributed by atoms with van der Waals surface area (Å²) in [4.78, 5) is 24.3. The van der Waals surface area contributed by atoms with E-state index >= 15 is 0 Å². The van der Waals surface area contributed by atoms with Gasteiger partial charge in [-0.2, -0.15) is 0 Å². The van der Waals surface area contributed by atoms with Crippen LogP contribution in [-0.4, -0.2) is 33.7 Å². The summed E-state index contributed by atoms with van der Waals surface area (Å²) in [6.07, 6.45) is 0. The minimum Gasteiger partial charge on any atom is -0.482 e. The fourth-order valence-electron chi connectivity index (χ4n) is 2.78. The Morgan fingerprint density at radius 3 is 2.93 bits per heavy atom. The minimum absolute atomic E-state index is 0.00969. The number of thioether (sulfide) groups is 1. The number of ketones is 1. The highest BCUT2D eigenvalue weighted by Gasteiger charge is 2.22. The molecule has 1 atom stereocenters. The van der Waals surface area contributed by atoms with Crippen molar-refractivity contribution in [3.8, 4) is 5.75 Å². The van der Waals surface area contributed by atoms with Gasteiger partial charge in [-0.05, 0) is 30.7 Å². The van der Waals surface area contributed by atoms with Crippen LogP contribution in [0.3, 0.4) is 0 Å². The first kappa shape index (κ1) is 19.4. The molecule has 0 unspecified atom stereocenters. The third-order valence-electron chi connectivity index (χ3n) is 4.24. The molecule has 2 aromatic carbocycles. The smallest absolute Gasteiger partial charge is 0.262 e. The lowest BCUT2D eigenvalue weighted by molar-refractivity contribution is -0.118. The van der Waals surface area contributed by atoms with Gasteiger partial charge in [0.2, 0.25) is 5.13 Å². The lowest BCUT2D eigenvalue weighted by Gasteiger charge is -2.18. The van der Waals surface area contributed by atoms with Crippen LogP contribution < -0.4 is 15.4 Å². The second kappa shape index (κ2) is 8.62. The predicted octanol–water partition coefficient (Wildman–Crippen LogP) is 3.84. The van der Waals surface area contributed by atoms with Gasteiger partial charge in [0.25, 0.3) is 5.91 Å². The predicted molar refractivity (Wildman–Crippen MR) is 114 cm³/mol. The Bertz CT molecular complexity index is 1040. The van der Waals surface area contributed by atoms with Crippen molar-refractivity contribution in [2.75, 3.05) is 17.2 Å². The lowest BCUT2D eigenvalue weighted by Crippen LogP contribution is -2.25. The van der Waals surface area contributed by atoms with Crippen LogP contribution in [0.1, 0.15) is 22.8 Å². The van der Waals surface area contributed by atoms with Crippen LogP contribution in [0.4, 0.5) is 10.8 Å². The van der Waals surface area contributed by atoms with E-state index in [-0.39, 0.29) is 23.5 Å². The highest BCUT2D eigenvalue weighted by Crippen LogP contribution is 2.33. The molecule has 7 nitrogen and oxygen atoms in total. The highest BCUT2D eigenvalue weighted by atomic mass is 32.2. The monoisotopic (exact) mass is 426 g/mol. The van der Waals surface area contributed by atoms with E-state index in [0.29, 0.717) is 28.7 Å². The number of benzene rings is 2. The van der Waals surface area contributed by atoms with Gasteiger partial charge < -0.3 is 15.4 Å². The van der Waals surface area contributed by atoms with Crippen molar-refractivity contribution >= 4 is 45.6 Å². The molecule has 0 saturated carbocycles. The summed E-state index contributed by atoms with van der Waals surface area (Å²) >= 11 is 2.78. The molecule has 0 bridgehead atoms. The van der Waals surface area contributed by atoms with Crippen LogP contribution in [0.25, 0.3) is 0 Å². The molecule has 9 heteroatoms. The van der Waals surface area contributed by atoms with E-state index in [1.807, 2.05) is 37.3 Å². The molecule has 0 spiro atoms. The maximum atomic E-state index is 12.8. The number of ether oxygens (including phenoxy) is 1. The summed E-state index contributed by atoms with van der Waals surface area (Å²) in [6, 6.07) is 15.1. The summed E-state index contributed by atoms with van der Waals surface area (Å²) in [5, 5.41) is 14.6. The summed E-state index contributed by atoms with van der Waals surface area (Å²) < 4.78 is 6.05. The van der Waals surface area contributed by atoms with Crippen molar-refractivity contribution in [3.63, 3.8) is 0 Å². The van der Waals surface area contributed by atoms with E-state index < -0.39 is 0 Å². The number of nitrogens with one attached hydrogen (secondary N) is 2. The van der Waals surface area contributed by atoms with Crippen molar-refractivity contribution in [3.05, 3.63) is 59.7 Å². The molecule has 0 aliphatic carbocycles. The molecular formula is C20H18N4O3S2. The first-order valence-corrected chi connectivity index (χ1v) is 10.7. The zero-order chi connectivity index (χ0) is 20.2. The van der Waals surface area contributed by atoms with Crippen molar-refractivity contribution in [1.29, 1.82) is 0 Å². The summed E-state index contributed by atoms with van der Waals surface area (Å²) in [7, 11) is 0. The van der Waals surface area contributed by atoms with E-state index in [9.17, 15) is 9.59 Å². The fraction of sp³-hybridized carbons (Fsp3) is 0.200. The van der Waals surface area contributed by atoms with Gasteiger partial charge in [0.1, 0.15) is 5.75 Å². The van der Waals surface area contributed by atoms with Gasteiger partial charge in [-0.3, -0.25) is 9.59 Å². The van der Waals surface area contributed by atoms with Crippen LogP contribution in [0, 0.1) is 0 Å². The molecule has 3 aromatic rings. The van der Waals surface area contributed by atoms with E-state index in [2.05, 4.69) is 20.8 Å². The third-order valence-corrected chi connectivity index (χ3v) is 6.30. The molecule has 2 heterocycles. The van der Waals surface area contributed by atoms with Gasteiger partial charge in [-0.25, -0.2) is 0 Å². The molecular weight excluding hydrogens is 408 g/mol. The molecule has 148 valence electrons. The van der Waals surface area contributed by atoms with E-state index in [0.717, 1.165) is 9.90 Å².